The van der Waals surface area contributed by atoms with E-state index in [-0.39, 0.29) is 5.82 Å². The number of halogens is 2. The molecule has 0 saturated heterocycles. The van der Waals surface area contributed by atoms with Gasteiger partial charge in [0.15, 0.2) is 0 Å². The normalized spacial score (nSPS) is 10.1. The quantitative estimate of drug-likeness (QED) is 0.830. The van der Waals surface area contributed by atoms with Crippen molar-refractivity contribution in [3.63, 3.8) is 0 Å². The molecule has 0 unspecified atom stereocenters. The maximum absolute atomic E-state index is 13.1. The van der Waals surface area contributed by atoms with Crippen molar-refractivity contribution < 1.29 is 9.13 Å². The second-order valence-corrected chi connectivity index (χ2v) is 4.19. The van der Waals surface area contributed by atoms with E-state index in [1.165, 1.54) is 17.4 Å². The lowest BCUT2D eigenvalue weighted by Gasteiger charge is -2.01. The Labute approximate surface area is 92.5 Å². The van der Waals surface area contributed by atoms with Gasteiger partial charge >= 0.3 is 0 Å². The third kappa shape index (κ3) is 2.10. The zero-order chi connectivity index (χ0) is 9.97. The molecule has 0 bridgehead atoms. The number of nitrogens with zero attached hydrogens (tertiary/aromatic N) is 1. The first-order valence-corrected chi connectivity index (χ1v) is 5.45. The highest BCUT2D eigenvalue weighted by atomic mass is 79.9. The van der Waals surface area contributed by atoms with Gasteiger partial charge in [0.25, 0.3) is 5.19 Å². The molecule has 0 aliphatic heterocycles. The zero-order valence-electron chi connectivity index (χ0n) is 6.91. The van der Waals surface area contributed by atoms with Crippen molar-refractivity contribution >= 4 is 27.3 Å². The van der Waals surface area contributed by atoms with Gasteiger partial charge in [0.05, 0.1) is 4.47 Å². The van der Waals surface area contributed by atoms with Crippen molar-refractivity contribution in [2.24, 2.45) is 0 Å². The van der Waals surface area contributed by atoms with Crippen molar-refractivity contribution in [2.75, 3.05) is 0 Å². The van der Waals surface area contributed by atoms with Crippen molar-refractivity contribution in [3.8, 4) is 10.9 Å². The molecule has 72 valence electrons. The number of rotatable bonds is 2. The van der Waals surface area contributed by atoms with Crippen LogP contribution in [0.1, 0.15) is 0 Å². The van der Waals surface area contributed by atoms with Crippen LogP contribution in [-0.2, 0) is 0 Å². The summed E-state index contributed by atoms with van der Waals surface area (Å²) in [4.78, 5) is 3.93. The molecular weight excluding hydrogens is 269 g/mol. The summed E-state index contributed by atoms with van der Waals surface area (Å²) in [6.45, 7) is 0. The van der Waals surface area contributed by atoms with E-state index in [1.807, 2.05) is 0 Å². The van der Waals surface area contributed by atoms with Crippen LogP contribution in [-0.4, -0.2) is 4.98 Å². The molecule has 5 heteroatoms. The number of benzene rings is 1. The lowest BCUT2D eigenvalue weighted by Crippen LogP contribution is -1.84. The molecule has 0 spiro atoms. The fourth-order valence-corrected chi connectivity index (χ4v) is 1.65. The van der Waals surface area contributed by atoms with Gasteiger partial charge in [0, 0.05) is 17.6 Å². The van der Waals surface area contributed by atoms with Crippen LogP contribution in [0.2, 0.25) is 0 Å². The molecule has 0 radical (unpaired) electrons. The molecule has 0 fully saturated rings. The molecule has 0 N–H and O–H groups in total. The molecule has 1 aromatic heterocycles. The predicted octanol–water partition coefficient (Wildman–Crippen LogP) is 3.84. The minimum atomic E-state index is -0.348. The minimum absolute atomic E-state index is 0.348. The molecule has 2 nitrogen and oxygen atoms in total. The summed E-state index contributed by atoms with van der Waals surface area (Å²) < 4.78 is 18.8. The maximum atomic E-state index is 13.1. The van der Waals surface area contributed by atoms with Crippen LogP contribution in [0.15, 0.2) is 34.2 Å². The van der Waals surface area contributed by atoms with E-state index in [4.69, 9.17) is 4.74 Å². The average Bonchev–Trinajstić information content (AvgIpc) is 2.64. The van der Waals surface area contributed by atoms with Crippen molar-refractivity contribution in [1.82, 2.24) is 4.98 Å². The van der Waals surface area contributed by atoms with Gasteiger partial charge in [-0.25, -0.2) is 9.37 Å². The maximum Gasteiger partial charge on any atom is 0.278 e. The molecule has 1 aromatic carbocycles. The Morgan fingerprint density at radius 2 is 2.29 bits per heavy atom. The van der Waals surface area contributed by atoms with Crippen molar-refractivity contribution in [3.05, 3.63) is 40.1 Å². The molecule has 0 aliphatic carbocycles. The van der Waals surface area contributed by atoms with Gasteiger partial charge in [-0.2, -0.15) is 0 Å². The molecule has 2 aromatic rings. The molecule has 14 heavy (non-hydrogen) atoms. The number of hydrogen-bond acceptors (Lipinski definition) is 3. The summed E-state index contributed by atoms with van der Waals surface area (Å²) in [6.07, 6.45) is 1.63. The molecule has 0 aliphatic rings. The third-order valence-electron chi connectivity index (χ3n) is 1.51. The number of thiazole rings is 1. The molecule has 0 amide bonds. The number of aromatic nitrogens is 1. The monoisotopic (exact) mass is 273 g/mol. The van der Waals surface area contributed by atoms with Crippen molar-refractivity contribution in [1.29, 1.82) is 0 Å². The average molecular weight is 274 g/mol. The summed E-state index contributed by atoms with van der Waals surface area (Å²) in [5, 5.41) is 2.30. The summed E-state index contributed by atoms with van der Waals surface area (Å²) >= 11 is 4.42. The first-order chi connectivity index (χ1) is 6.75. The SMILES string of the molecule is Fc1cc(Oc2nccs2)ccc1Br. The second kappa shape index (κ2) is 4.06. The van der Waals surface area contributed by atoms with Crippen LogP contribution in [0.4, 0.5) is 4.39 Å². The first kappa shape index (κ1) is 9.61. The molecule has 2 rings (SSSR count). The number of hydrogen-bond donors (Lipinski definition) is 0. The molecule has 0 saturated carbocycles. The Hall–Kier alpha value is -0.940. The Kier molecular flexibility index (Phi) is 2.79. The lowest BCUT2D eigenvalue weighted by molar-refractivity contribution is 0.472. The van der Waals surface area contributed by atoms with E-state index in [2.05, 4.69) is 20.9 Å². The first-order valence-electron chi connectivity index (χ1n) is 3.78. The van der Waals surface area contributed by atoms with Gasteiger partial charge in [-0.05, 0) is 28.1 Å². The van der Waals surface area contributed by atoms with Gasteiger partial charge in [0.2, 0.25) is 0 Å². The van der Waals surface area contributed by atoms with Crippen LogP contribution < -0.4 is 4.74 Å². The van der Waals surface area contributed by atoms with Crippen LogP contribution >= 0.6 is 27.3 Å². The van der Waals surface area contributed by atoms with Crippen LogP contribution in [0, 0.1) is 5.82 Å². The fraction of sp³-hybridized carbons (Fsp3) is 0. The summed E-state index contributed by atoms with van der Waals surface area (Å²) in [7, 11) is 0. The molecule has 0 atom stereocenters. The summed E-state index contributed by atoms with van der Waals surface area (Å²) in [5.41, 5.74) is 0. The van der Waals surface area contributed by atoms with Crippen molar-refractivity contribution in [2.45, 2.75) is 0 Å². The van der Waals surface area contributed by atoms with E-state index in [0.717, 1.165) is 0 Å². The highest BCUT2D eigenvalue weighted by molar-refractivity contribution is 9.10. The highest BCUT2D eigenvalue weighted by Gasteiger charge is 2.03. The van der Waals surface area contributed by atoms with Gasteiger partial charge in [-0.3, -0.25) is 0 Å². The zero-order valence-corrected chi connectivity index (χ0v) is 9.31. The van der Waals surface area contributed by atoms with Gasteiger partial charge in [-0.1, -0.05) is 11.3 Å². The minimum Gasteiger partial charge on any atom is -0.431 e. The van der Waals surface area contributed by atoms with Gasteiger partial charge in [-0.15, -0.1) is 0 Å². The van der Waals surface area contributed by atoms with E-state index < -0.39 is 0 Å². The highest BCUT2D eigenvalue weighted by Crippen LogP contribution is 2.26. The topological polar surface area (TPSA) is 22.1 Å². The van der Waals surface area contributed by atoms with Gasteiger partial charge in [0.1, 0.15) is 11.6 Å². The van der Waals surface area contributed by atoms with E-state index in [0.29, 0.717) is 15.4 Å². The predicted molar refractivity (Wildman–Crippen MR) is 56.3 cm³/mol. The smallest absolute Gasteiger partial charge is 0.278 e. The van der Waals surface area contributed by atoms with E-state index >= 15 is 0 Å². The van der Waals surface area contributed by atoms with Crippen LogP contribution in [0.3, 0.4) is 0 Å². The Bertz CT molecular complexity index is 432. The standard InChI is InChI=1S/C9H5BrFNOS/c10-7-2-1-6(5-8(7)11)13-9-12-3-4-14-9/h1-5H. The molecule has 1 heterocycles. The molecular formula is C9H5BrFNOS. The lowest BCUT2D eigenvalue weighted by atomic mass is 10.3. The van der Waals surface area contributed by atoms with E-state index in [9.17, 15) is 4.39 Å². The largest absolute Gasteiger partial charge is 0.431 e. The number of ether oxygens (including phenoxy) is 1. The Balaban J connectivity index is 2.22. The summed E-state index contributed by atoms with van der Waals surface area (Å²) in [6, 6.07) is 4.58. The Morgan fingerprint density at radius 1 is 1.43 bits per heavy atom. The van der Waals surface area contributed by atoms with Crippen LogP contribution in [0.5, 0.6) is 10.9 Å². The Morgan fingerprint density at radius 3 is 2.93 bits per heavy atom. The third-order valence-corrected chi connectivity index (χ3v) is 2.80. The van der Waals surface area contributed by atoms with Crippen LogP contribution in [0.25, 0.3) is 0 Å². The second-order valence-electron chi connectivity index (χ2n) is 2.48. The summed E-state index contributed by atoms with van der Waals surface area (Å²) in [5.74, 6) is 0.0970. The van der Waals surface area contributed by atoms with E-state index in [1.54, 1.807) is 23.7 Å². The van der Waals surface area contributed by atoms with Gasteiger partial charge < -0.3 is 4.74 Å². The fourth-order valence-electron chi connectivity index (χ4n) is 0.902.